The van der Waals surface area contributed by atoms with E-state index in [-0.39, 0.29) is 18.7 Å². The number of carbonyl (C=O) groups excluding carboxylic acids is 1. The van der Waals surface area contributed by atoms with E-state index in [1.165, 1.54) is 31.4 Å². The largest absolute Gasteiger partial charge is 0.497 e. The molecule has 2 N–H and O–H groups in total. The van der Waals surface area contributed by atoms with Crippen LogP contribution in [0.15, 0.2) is 48.5 Å². The van der Waals surface area contributed by atoms with Gasteiger partial charge in [-0.1, -0.05) is 18.2 Å². The van der Waals surface area contributed by atoms with Gasteiger partial charge in [0.2, 0.25) is 0 Å². The normalized spacial score (nSPS) is 11.6. The molecule has 1 amide bonds. The van der Waals surface area contributed by atoms with Gasteiger partial charge in [-0.25, -0.2) is 4.39 Å². The molecule has 0 saturated carbocycles. The van der Waals surface area contributed by atoms with E-state index in [2.05, 4.69) is 5.32 Å². The second kappa shape index (κ2) is 8.10. The van der Waals surface area contributed by atoms with E-state index in [0.29, 0.717) is 16.9 Å². The highest BCUT2D eigenvalue weighted by atomic mass is 19.1. The van der Waals surface area contributed by atoms with Gasteiger partial charge in [0, 0.05) is 12.0 Å². The lowest BCUT2D eigenvalue weighted by molar-refractivity contribution is -0.137. The number of carboxylic acids is 1. The fourth-order valence-corrected chi connectivity index (χ4v) is 2.29. The van der Waals surface area contributed by atoms with Crippen LogP contribution in [0.25, 0.3) is 0 Å². The number of aliphatic carboxylic acids is 1. The summed E-state index contributed by atoms with van der Waals surface area (Å²) in [5, 5.41) is 11.7. The summed E-state index contributed by atoms with van der Waals surface area (Å²) in [6.45, 7) is 0. The Bertz CT molecular complexity index is 715. The second-order valence-electron chi connectivity index (χ2n) is 5.24. The lowest BCUT2D eigenvalue weighted by atomic mass is 10.0. The Kier molecular flexibility index (Phi) is 5.89. The maximum atomic E-state index is 13.1. The first kappa shape index (κ1) is 17.5. The second-order valence-corrected chi connectivity index (χ2v) is 5.24. The van der Waals surface area contributed by atoms with Crippen molar-refractivity contribution in [3.63, 3.8) is 0 Å². The number of carbonyl (C=O) groups is 2. The fourth-order valence-electron chi connectivity index (χ4n) is 2.29. The van der Waals surface area contributed by atoms with Gasteiger partial charge in [-0.2, -0.15) is 0 Å². The summed E-state index contributed by atoms with van der Waals surface area (Å²) in [7, 11) is 1.51. The Morgan fingerprint density at radius 3 is 2.54 bits per heavy atom. The van der Waals surface area contributed by atoms with Crippen molar-refractivity contribution in [2.75, 3.05) is 7.11 Å². The monoisotopic (exact) mass is 331 g/mol. The van der Waals surface area contributed by atoms with Crippen molar-refractivity contribution in [2.45, 2.75) is 18.9 Å². The smallest absolute Gasteiger partial charge is 0.303 e. The Hall–Kier alpha value is -2.89. The molecule has 0 fully saturated rings. The van der Waals surface area contributed by atoms with Gasteiger partial charge in [-0.3, -0.25) is 9.59 Å². The van der Waals surface area contributed by atoms with Crippen molar-refractivity contribution in [3.05, 3.63) is 65.5 Å². The quantitative estimate of drug-likeness (QED) is 0.817. The maximum Gasteiger partial charge on any atom is 0.303 e. The predicted octanol–water partition coefficient (Wildman–Crippen LogP) is 3.17. The Morgan fingerprint density at radius 1 is 1.21 bits per heavy atom. The third-order valence-corrected chi connectivity index (χ3v) is 3.56. The molecule has 1 atom stereocenters. The first-order valence-corrected chi connectivity index (χ1v) is 7.42. The van der Waals surface area contributed by atoms with E-state index < -0.39 is 17.8 Å². The number of ether oxygens (including phenoxy) is 1. The van der Waals surface area contributed by atoms with E-state index in [0.717, 1.165) is 0 Å². The van der Waals surface area contributed by atoms with Gasteiger partial charge in [0.15, 0.2) is 0 Å². The molecular formula is C18H18FNO4. The predicted molar refractivity (Wildman–Crippen MR) is 86.5 cm³/mol. The van der Waals surface area contributed by atoms with Crippen molar-refractivity contribution in [2.24, 2.45) is 0 Å². The number of hydrogen-bond acceptors (Lipinski definition) is 3. The highest BCUT2D eigenvalue weighted by Crippen LogP contribution is 2.21. The molecule has 0 aromatic heterocycles. The van der Waals surface area contributed by atoms with Gasteiger partial charge in [0.05, 0.1) is 13.2 Å². The Morgan fingerprint density at radius 2 is 1.92 bits per heavy atom. The van der Waals surface area contributed by atoms with Crippen LogP contribution in [0.3, 0.4) is 0 Å². The van der Waals surface area contributed by atoms with Gasteiger partial charge < -0.3 is 15.2 Å². The average molecular weight is 331 g/mol. The zero-order chi connectivity index (χ0) is 17.5. The van der Waals surface area contributed by atoms with E-state index in [4.69, 9.17) is 9.84 Å². The van der Waals surface area contributed by atoms with E-state index in [9.17, 15) is 14.0 Å². The van der Waals surface area contributed by atoms with Crippen LogP contribution in [0.4, 0.5) is 4.39 Å². The van der Waals surface area contributed by atoms with Gasteiger partial charge in [0.25, 0.3) is 5.91 Å². The summed E-state index contributed by atoms with van der Waals surface area (Å²) in [5.41, 5.74) is 1.05. The SMILES string of the molecule is COc1cccc(C(=O)NC(CCC(=O)O)c2ccc(F)cc2)c1. The van der Waals surface area contributed by atoms with Crippen molar-refractivity contribution in [3.8, 4) is 5.75 Å². The van der Waals surface area contributed by atoms with Gasteiger partial charge >= 0.3 is 5.97 Å². The summed E-state index contributed by atoms with van der Waals surface area (Å²) >= 11 is 0. The Balaban J connectivity index is 2.18. The minimum atomic E-state index is -0.960. The molecule has 24 heavy (non-hydrogen) atoms. The topological polar surface area (TPSA) is 75.6 Å². The van der Waals surface area contributed by atoms with Crippen LogP contribution in [0.1, 0.15) is 34.8 Å². The lowest BCUT2D eigenvalue weighted by Gasteiger charge is -2.19. The number of nitrogens with one attached hydrogen (secondary N) is 1. The summed E-state index contributed by atoms with van der Waals surface area (Å²) in [5.74, 6) is -1.16. The van der Waals surface area contributed by atoms with Crippen LogP contribution < -0.4 is 10.1 Å². The minimum Gasteiger partial charge on any atom is -0.497 e. The van der Waals surface area contributed by atoms with E-state index in [1.807, 2.05) is 0 Å². The number of amides is 1. The van der Waals surface area contributed by atoms with Crippen molar-refractivity contribution in [1.29, 1.82) is 0 Å². The van der Waals surface area contributed by atoms with Gasteiger partial charge in [-0.05, 0) is 42.3 Å². The summed E-state index contributed by atoms with van der Waals surface area (Å²) in [6.07, 6.45) is 0.0944. The molecule has 6 heteroatoms. The van der Waals surface area contributed by atoms with Crippen molar-refractivity contribution < 1.29 is 23.8 Å². The molecule has 1 unspecified atom stereocenters. The molecule has 0 aliphatic heterocycles. The molecule has 0 saturated heterocycles. The number of methoxy groups -OCH3 is 1. The molecule has 5 nitrogen and oxygen atoms in total. The third kappa shape index (κ3) is 4.81. The first-order chi connectivity index (χ1) is 11.5. The minimum absolute atomic E-state index is 0.111. The molecule has 126 valence electrons. The zero-order valence-corrected chi connectivity index (χ0v) is 13.2. The molecule has 2 aromatic rings. The molecule has 0 bridgehead atoms. The number of benzene rings is 2. The molecule has 2 rings (SSSR count). The molecule has 0 aliphatic carbocycles. The zero-order valence-electron chi connectivity index (χ0n) is 13.2. The van der Waals surface area contributed by atoms with E-state index in [1.54, 1.807) is 24.3 Å². The van der Waals surface area contributed by atoms with E-state index >= 15 is 0 Å². The third-order valence-electron chi connectivity index (χ3n) is 3.56. The summed E-state index contributed by atoms with van der Waals surface area (Å²) in [4.78, 5) is 23.3. The maximum absolute atomic E-state index is 13.1. The summed E-state index contributed by atoms with van der Waals surface area (Å²) in [6, 6.07) is 11.7. The lowest BCUT2D eigenvalue weighted by Crippen LogP contribution is -2.29. The van der Waals surface area contributed by atoms with Crippen LogP contribution in [0, 0.1) is 5.82 Å². The number of hydrogen-bond donors (Lipinski definition) is 2. The van der Waals surface area contributed by atoms with Crippen LogP contribution in [-0.2, 0) is 4.79 Å². The van der Waals surface area contributed by atoms with Crippen LogP contribution in [-0.4, -0.2) is 24.1 Å². The standard InChI is InChI=1S/C18H18FNO4/c1-24-15-4-2-3-13(11-15)18(23)20-16(9-10-17(21)22)12-5-7-14(19)8-6-12/h2-8,11,16H,9-10H2,1H3,(H,20,23)(H,21,22). The first-order valence-electron chi connectivity index (χ1n) is 7.42. The molecular weight excluding hydrogens is 313 g/mol. The molecule has 0 spiro atoms. The highest BCUT2D eigenvalue weighted by molar-refractivity contribution is 5.94. The Labute approximate surface area is 139 Å². The average Bonchev–Trinajstić information content (AvgIpc) is 2.59. The number of carboxylic acid groups (broad SMARTS) is 1. The van der Waals surface area contributed by atoms with Gasteiger partial charge in [0.1, 0.15) is 11.6 Å². The molecule has 0 radical (unpaired) electrons. The molecule has 0 aliphatic rings. The van der Waals surface area contributed by atoms with Crippen molar-refractivity contribution in [1.82, 2.24) is 5.32 Å². The summed E-state index contributed by atoms with van der Waals surface area (Å²) < 4.78 is 18.2. The van der Waals surface area contributed by atoms with Crippen LogP contribution in [0.2, 0.25) is 0 Å². The van der Waals surface area contributed by atoms with Crippen LogP contribution in [0.5, 0.6) is 5.75 Å². The fraction of sp³-hybridized carbons (Fsp3) is 0.222. The van der Waals surface area contributed by atoms with Crippen LogP contribution >= 0.6 is 0 Å². The molecule has 2 aromatic carbocycles. The van der Waals surface area contributed by atoms with Gasteiger partial charge in [-0.15, -0.1) is 0 Å². The molecule has 0 heterocycles. The number of rotatable bonds is 7. The van der Waals surface area contributed by atoms with Crippen molar-refractivity contribution >= 4 is 11.9 Å². The number of halogens is 1. The highest BCUT2D eigenvalue weighted by Gasteiger charge is 2.17.